The highest BCUT2D eigenvalue weighted by atomic mass is 16.2. The molecule has 2 unspecified atom stereocenters. The molecule has 1 aromatic carbocycles. The lowest BCUT2D eigenvalue weighted by atomic mass is 9.93. The Balaban J connectivity index is 1.16. The summed E-state index contributed by atoms with van der Waals surface area (Å²) in [7, 11) is 0. The molecule has 39 heavy (non-hydrogen) atoms. The quantitative estimate of drug-likeness (QED) is 0.497. The standard InChI is InChI=1S/C28H40N8O3/c1-28(2,30)25(37)34-12-14-35(15-13-34)26(38)31-23-9-11-36(27(39)32-23)22-5-3-4-19(16-22)8-10-33-17-20-6-7-21(18-33)24(20)29/h3-5,9,11,16,20-21,24H,6-8,10,12-15,17-18,29-30H2,1-2H3,(H,31,32,38,39). The van der Waals surface area contributed by atoms with E-state index < -0.39 is 11.2 Å². The van der Waals surface area contributed by atoms with E-state index in [0.29, 0.717) is 44.1 Å². The van der Waals surface area contributed by atoms with Crippen molar-refractivity contribution in [1.82, 2.24) is 24.3 Å². The third-order valence-corrected chi connectivity index (χ3v) is 8.33. The van der Waals surface area contributed by atoms with Crippen molar-refractivity contribution in [3.8, 4) is 5.69 Å². The molecule has 1 saturated carbocycles. The zero-order chi connectivity index (χ0) is 27.7. The predicted molar refractivity (Wildman–Crippen MR) is 150 cm³/mol. The van der Waals surface area contributed by atoms with Crippen LogP contribution in [-0.4, -0.2) is 93.6 Å². The number of nitrogens with zero attached hydrogens (tertiary/aromatic N) is 5. The van der Waals surface area contributed by atoms with Crippen LogP contribution in [0.15, 0.2) is 41.3 Å². The Labute approximate surface area is 229 Å². The van der Waals surface area contributed by atoms with E-state index in [1.807, 2.05) is 18.2 Å². The summed E-state index contributed by atoms with van der Waals surface area (Å²) in [6.45, 7) is 8.05. The Hall–Kier alpha value is -3.28. The first kappa shape index (κ1) is 27.3. The van der Waals surface area contributed by atoms with Gasteiger partial charge in [0.15, 0.2) is 0 Å². The summed E-state index contributed by atoms with van der Waals surface area (Å²) >= 11 is 0. The number of piperazine rings is 1. The lowest BCUT2D eigenvalue weighted by Gasteiger charge is -2.37. The molecule has 3 aliphatic rings. The number of likely N-dealkylation sites (tertiary alicyclic amines) is 1. The van der Waals surface area contributed by atoms with Gasteiger partial charge in [-0.2, -0.15) is 4.98 Å². The molecule has 5 N–H and O–H groups in total. The average molecular weight is 537 g/mol. The number of benzene rings is 1. The van der Waals surface area contributed by atoms with Gasteiger partial charge >= 0.3 is 11.7 Å². The predicted octanol–water partition coefficient (Wildman–Crippen LogP) is 0.858. The number of amides is 3. The first-order valence-electron chi connectivity index (χ1n) is 13.9. The summed E-state index contributed by atoms with van der Waals surface area (Å²) in [5.74, 6) is 1.30. The molecular formula is C28H40N8O3. The topological polar surface area (TPSA) is 143 Å². The molecular weight excluding hydrogens is 496 g/mol. The summed E-state index contributed by atoms with van der Waals surface area (Å²) in [4.78, 5) is 47.8. The van der Waals surface area contributed by atoms with Crippen LogP contribution >= 0.6 is 0 Å². The SMILES string of the molecule is CC(C)(N)C(=O)N1CCN(C(=O)Nc2ccn(-c3cccc(CCN4CC5CCC(C4)C5N)c3)c(=O)n2)CC1. The first-order chi connectivity index (χ1) is 18.6. The minimum atomic E-state index is -0.945. The van der Waals surface area contributed by atoms with Gasteiger partial charge in [-0.1, -0.05) is 12.1 Å². The Morgan fingerprint density at radius 2 is 1.72 bits per heavy atom. The van der Waals surface area contributed by atoms with E-state index in [1.165, 1.54) is 17.4 Å². The van der Waals surface area contributed by atoms with Crippen LogP contribution in [0.25, 0.3) is 5.69 Å². The number of carbonyl (C=O) groups is 2. The molecule has 0 radical (unpaired) electrons. The number of aromatic nitrogens is 2. The molecule has 3 amide bonds. The Bertz CT molecular complexity index is 1250. The molecule has 3 fully saturated rings. The molecule has 2 saturated heterocycles. The van der Waals surface area contributed by atoms with Crippen LogP contribution in [0.3, 0.4) is 0 Å². The van der Waals surface area contributed by atoms with Crippen LogP contribution in [0.5, 0.6) is 0 Å². The van der Waals surface area contributed by atoms with Crippen molar-refractivity contribution in [1.29, 1.82) is 0 Å². The molecule has 5 rings (SSSR count). The molecule has 1 aromatic heterocycles. The van der Waals surface area contributed by atoms with Gasteiger partial charge in [-0.3, -0.25) is 14.7 Å². The normalized spacial score (nSPS) is 23.6. The molecule has 2 aliphatic heterocycles. The molecule has 11 heteroatoms. The highest BCUT2D eigenvalue weighted by Gasteiger charge is 2.39. The molecule has 11 nitrogen and oxygen atoms in total. The number of rotatable bonds is 6. The minimum absolute atomic E-state index is 0.139. The van der Waals surface area contributed by atoms with Crippen molar-refractivity contribution >= 4 is 17.8 Å². The first-order valence-corrected chi connectivity index (χ1v) is 13.9. The van der Waals surface area contributed by atoms with E-state index in [0.717, 1.165) is 37.3 Å². The van der Waals surface area contributed by atoms with E-state index >= 15 is 0 Å². The number of nitrogens with one attached hydrogen (secondary N) is 1. The summed E-state index contributed by atoms with van der Waals surface area (Å²) in [5.41, 5.74) is 12.8. The van der Waals surface area contributed by atoms with Gasteiger partial charge in [-0.05, 0) is 68.7 Å². The van der Waals surface area contributed by atoms with Crippen LogP contribution in [-0.2, 0) is 11.2 Å². The van der Waals surface area contributed by atoms with Crippen LogP contribution in [0.2, 0.25) is 0 Å². The molecule has 2 bridgehead atoms. The number of carbonyl (C=O) groups excluding carboxylic acids is 2. The summed E-state index contributed by atoms with van der Waals surface area (Å²) < 4.78 is 1.48. The highest BCUT2D eigenvalue weighted by Crippen LogP contribution is 2.35. The zero-order valence-corrected chi connectivity index (χ0v) is 22.9. The van der Waals surface area contributed by atoms with E-state index in [4.69, 9.17) is 11.5 Å². The van der Waals surface area contributed by atoms with Crippen LogP contribution in [0.4, 0.5) is 10.6 Å². The lowest BCUT2D eigenvalue weighted by molar-refractivity contribution is -0.137. The molecule has 210 valence electrons. The number of anilines is 1. The monoisotopic (exact) mass is 536 g/mol. The van der Waals surface area contributed by atoms with Crippen molar-refractivity contribution in [3.05, 3.63) is 52.6 Å². The van der Waals surface area contributed by atoms with E-state index in [2.05, 4.69) is 21.3 Å². The van der Waals surface area contributed by atoms with Gasteiger partial charge in [0.1, 0.15) is 5.82 Å². The molecule has 1 aliphatic carbocycles. The maximum atomic E-state index is 12.8. The van der Waals surface area contributed by atoms with Gasteiger partial charge in [0, 0.05) is 58.1 Å². The van der Waals surface area contributed by atoms with Gasteiger partial charge in [0.05, 0.1) is 11.2 Å². The van der Waals surface area contributed by atoms with Gasteiger partial charge in [0.2, 0.25) is 5.91 Å². The van der Waals surface area contributed by atoms with Crippen LogP contribution in [0, 0.1) is 11.8 Å². The smallest absolute Gasteiger partial charge is 0.338 e. The maximum absolute atomic E-state index is 12.8. The van der Waals surface area contributed by atoms with Crippen LogP contribution in [0.1, 0.15) is 32.3 Å². The highest BCUT2D eigenvalue weighted by molar-refractivity contribution is 5.89. The van der Waals surface area contributed by atoms with E-state index in [1.54, 1.807) is 35.9 Å². The van der Waals surface area contributed by atoms with E-state index in [9.17, 15) is 14.4 Å². The lowest BCUT2D eigenvalue weighted by Crippen LogP contribution is -2.58. The number of fused-ring (bicyclic) bond motifs is 2. The minimum Gasteiger partial charge on any atom is -0.338 e. The Kier molecular flexibility index (Phi) is 7.75. The number of hydrogen-bond acceptors (Lipinski definition) is 7. The third kappa shape index (κ3) is 6.15. The fourth-order valence-electron chi connectivity index (χ4n) is 6.07. The van der Waals surface area contributed by atoms with Crippen molar-refractivity contribution in [2.24, 2.45) is 23.3 Å². The van der Waals surface area contributed by atoms with Crippen LogP contribution < -0.4 is 22.5 Å². The van der Waals surface area contributed by atoms with Crippen molar-refractivity contribution in [2.75, 3.05) is 51.1 Å². The number of hydrogen-bond donors (Lipinski definition) is 3. The third-order valence-electron chi connectivity index (χ3n) is 8.33. The zero-order valence-electron chi connectivity index (χ0n) is 22.9. The van der Waals surface area contributed by atoms with Gasteiger partial charge in [-0.15, -0.1) is 0 Å². The number of nitrogens with two attached hydrogens (primary N) is 2. The van der Waals surface area contributed by atoms with Crippen molar-refractivity contribution in [3.63, 3.8) is 0 Å². The second-order valence-corrected chi connectivity index (χ2v) is 11.8. The number of urea groups is 1. The molecule has 2 aromatic rings. The molecule has 3 heterocycles. The fourth-order valence-corrected chi connectivity index (χ4v) is 6.07. The second-order valence-electron chi connectivity index (χ2n) is 11.8. The second kappa shape index (κ2) is 11.1. The molecule has 0 spiro atoms. The fraction of sp³-hybridized carbons (Fsp3) is 0.571. The van der Waals surface area contributed by atoms with Crippen molar-refractivity contribution in [2.45, 2.75) is 44.7 Å². The van der Waals surface area contributed by atoms with Gasteiger partial charge in [-0.25, -0.2) is 9.59 Å². The average Bonchev–Trinajstić information content (AvgIpc) is 3.10. The molecule has 2 atom stereocenters. The summed E-state index contributed by atoms with van der Waals surface area (Å²) in [6, 6.07) is 9.58. The van der Waals surface area contributed by atoms with E-state index in [-0.39, 0.29) is 17.8 Å². The summed E-state index contributed by atoms with van der Waals surface area (Å²) in [5, 5.41) is 2.71. The Morgan fingerprint density at radius 3 is 2.36 bits per heavy atom. The Morgan fingerprint density at radius 1 is 1.05 bits per heavy atom. The summed E-state index contributed by atoms with van der Waals surface area (Å²) in [6.07, 6.45) is 5.03. The largest absolute Gasteiger partial charge is 0.354 e. The van der Waals surface area contributed by atoms with Gasteiger partial charge < -0.3 is 26.2 Å². The van der Waals surface area contributed by atoms with Gasteiger partial charge in [0.25, 0.3) is 0 Å². The maximum Gasteiger partial charge on any atom is 0.354 e. The number of piperidine rings is 1. The van der Waals surface area contributed by atoms with Crippen molar-refractivity contribution < 1.29 is 9.59 Å².